The van der Waals surface area contributed by atoms with Gasteiger partial charge in [0, 0.05) is 12.8 Å². The van der Waals surface area contributed by atoms with Crippen LogP contribution in [0, 0.1) is 0 Å². The molecule has 0 heterocycles. The maximum atomic E-state index is 12.2. The lowest BCUT2D eigenvalue weighted by Gasteiger charge is -2.15. The van der Waals surface area contributed by atoms with Crippen LogP contribution in [0.1, 0.15) is 322 Å². The highest BCUT2D eigenvalue weighted by molar-refractivity contribution is 5.70. The van der Waals surface area contributed by atoms with Gasteiger partial charge in [-0.05, 0) is 64.2 Å². The smallest absolute Gasteiger partial charge is 0.306 e. The first-order valence-corrected chi connectivity index (χ1v) is 29.5. The molecule has 66 heavy (non-hydrogen) atoms. The Kier molecular flexibility index (Phi) is 55.8. The van der Waals surface area contributed by atoms with E-state index in [0.717, 1.165) is 57.8 Å². The fourth-order valence-electron chi connectivity index (χ4n) is 8.94. The topological polar surface area (TPSA) is 72.8 Å². The molecule has 0 rings (SSSR count). The lowest BCUT2D eigenvalue weighted by atomic mass is 10.0. The molecule has 1 atom stereocenters. The van der Waals surface area contributed by atoms with E-state index in [1.165, 1.54) is 238 Å². The van der Waals surface area contributed by atoms with E-state index in [0.29, 0.717) is 12.8 Å². The number of allylic oxidation sites excluding steroid dienone is 6. The third-order valence-electron chi connectivity index (χ3n) is 13.4. The van der Waals surface area contributed by atoms with E-state index in [1.807, 2.05) is 0 Å². The van der Waals surface area contributed by atoms with Gasteiger partial charge < -0.3 is 14.6 Å². The molecule has 0 aliphatic rings. The van der Waals surface area contributed by atoms with Crippen molar-refractivity contribution in [1.29, 1.82) is 0 Å². The monoisotopic (exact) mass is 927 g/mol. The van der Waals surface area contributed by atoms with Crippen molar-refractivity contribution >= 4 is 11.9 Å². The van der Waals surface area contributed by atoms with E-state index in [2.05, 4.69) is 50.3 Å². The second-order valence-electron chi connectivity index (χ2n) is 20.1. The van der Waals surface area contributed by atoms with Gasteiger partial charge in [0.1, 0.15) is 6.61 Å². The lowest BCUT2D eigenvalue weighted by Crippen LogP contribution is -2.28. The fraction of sp³-hybridized carbons (Fsp3) is 0.869. The first kappa shape index (κ1) is 64.1. The van der Waals surface area contributed by atoms with Crippen molar-refractivity contribution in [2.75, 3.05) is 13.2 Å². The standard InChI is InChI=1S/C61H114O5/c1-3-5-7-9-11-13-15-17-18-19-20-21-22-23-24-25-26-27-28-29-30-31-32-33-34-35-36-37-38-39-40-41-42-44-45-47-49-51-53-55-60(63)65-58-59(57-62)66-61(64)56-54-52-50-48-46-43-16-14-12-10-8-6-4-2/h8,10,14,16,19-20,59,62H,3-7,9,11-13,15,17-18,21-58H2,1-2H3/b10-8-,16-14-,20-19-. The highest BCUT2D eigenvalue weighted by Crippen LogP contribution is 2.18. The molecule has 0 spiro atoms. The summed E-state index contributed by atoms with van der Waals surface area (Å²) in [5, 5.41) is 9.61. The van der Waals surface area contributed by atoms with Gasteiger partial charge in [-0.1, -0.05) is 281 Å². The number of rotatable bonds is 55. The fourth-order valence-corrected chi connectivity index (χ4v) is 8.94. The summed E-state index contributed by atoms with van der Waals surface area (Å²) in [5.41, 5.74) is 0. The van der Waals surface area contributed by atoms with E-state index in [1.54, 1.807) is 0 Å². The van der Waals surface area contributed by atoms with E-state index in [4.69, 9.17) is 9.47 Å². The summed E-state index contributed by atoms with van der Waals surface area (Å²) in [4.78, 5) is 24.4. The molecule has 5 nitrogen and oxygen atoms in total. The summed E-state index contributed by atoms with van der Waals surface area (Å²) in [7, 11) is 0. The molecular weight excluding hydrogens is 813 g/mol. The van der Waals surface area contributed by atoms with Gasteiger partial charge in [-0.3, -0.25) is 9.59 Å². The number of hydrogen-bond donors (Lipinski definition) is 1. The molecule has 0 saturated heterocycles. The highest BCUT2D eigenvalue weighted by Gasteiger charge is 2.16. The Morgan fingerprint density at radius 1 is 0.348 bits per heavy atom. The molecule has 0 aromatic carbocycles. The number of carbonyl (C=O) groups is 2. The number of aliphatic hydroxyl groups is 1. The average Bonchev–Trinajstić information content (AvgIpc) is 3.32. The van der Waals surface area contributed by atoms with Crippen LogP contribution in [0.5, 0.6) is 0 Å². The minimum Gasteiger partial charge on any atom is -0.462 e. The van der Waals surface area contributed by atoms with E-state index < -0.39 is 6.10 Å². The Morgan fingerprint density at radius 3 is 0.970 bits per heavy atom. The Balaban J connectivity index is 3.34. The lowest BCUT2D eigenvalue weighted by molar-refractivity contribution is -0.161. The maximum absolute atomic E-state index is 12.2. The van der Waals surface area contributed by atoms with E-state index in [9.17, 15) is 14.7 Å². The second kappa shape index (κ2) is 57.4. The van der Waals surface area contributed by atoms with Crippen molar-refractivity contribution in [2.45, 2.75) is 328 Å². The molecule has 0 aliphatic heterocycles. The van der Waals surface area contributed by atoms with Gasteiger partial charge in [0.05, 0.1) is 6.61 Å². The Labute approximate surface area is 412 Å². The third-order valence-corrected chi connectivity index (χ3v) is 13.4. The minimum atomic E-state index is -0.776. The second-order valence-corrected chi connectivity index (χ2v) is 20.1. The SMILES string of the molecule is CCC/C=C\C/C=C\CCCCCCCC(=O)OC(CO)COC(=O)CCCCCCCCCCCCCCCCCCCCCCCCCCCCC/C=C\CCCCCCCCCC. The predicted molar refractivity (Wildman–Crippen MR) is 288 cm³/mol. The van der Waals surface area contributed by atoms with Crippen LogP contribution in [0.2, 0.25) is 0 Å². The van der Waals surface area contributed by atoms with Crippen LogP contribution in [0.25, 0.3) is 0 Å². The van der Waals surface area contributed by atoms with Gasteiger partial charge in [-0.15, -0.1) is 0 Å². The van der Waals surface area contributed by atoms with Gasteiger partial charge >= 0.3 is 11.9 Å². The summed E-state index contributed by atoms with van der Waals surface area (Å²) >= 11 is 0. The van der Waals surface area contributed by atoms with Crippen molar-refractivity contribution in [1.82, 2.24) is 0 Å². The van der Waals surface area contributed by atoms with E-state index in [-0.39, 0.29) is 25.2 Å². The molecular formula is C61H114O5. The number of ether oxygens (including phenoxy) is 2. The summed E-state index contributed by atoms with van der Waals surface area (Å²) < 4.78 is 10.7. The van der Waals surface area contributed by atoms with Gasteiger partial charge in [-0.2, -0.15) is 0 Å². The van der Waals surface area contributed by atoms with Crippen LogP contribution in [-0.4, -0.2) is 36.4 Å². The van der Waals surface area contributed by atoms with Crippen molar-refractivity contribution in [2.24, 2.45) is 0 Å². The van der Waals surface area contributed by atoms with Crippen LogP contribution in [0.3, 0.4) is 0 Å². The van der Waals surface area contributed by atoms with Gasteiger partial charge in [0.25, 0.3) is 0 Å². The minimum absolute atomic E-state index is 0.0676. The van der Waals surface area contributed by atoms with Gasteiger partial charge in [0.2, 0.25) is 0 Å². The molecule has 1 N–H and O–H groups in total. The zero-order valence-corrected chi connectivity index (χ0v) is 44.5. The van der Waals surface area contributed by atoms with Crippen LogP contribution >= 0.6 is 0 Å². The summed E-state index contributed by atoms with van der Waals surface area (Å²) in [5.74, 6) is -0.594. The quantitative estimate of drug-likeness (QED) is 0.0374. The van der Waals surface area contributed by atoms with Crippen LogP contribution in [0.15, 0.2) is 36.5 Å². The molecule has 0 aliphatic carbocycles. The molecule has 5 heteroatoms. The number of aliphatic hydroxyl groups excluding tert-OH is 1. The summed E-state index contributed by atoms with van der Waals surface area (Å²) in [6.45, 7) is 4.09. The average molecular weight is 928 g/mol. The Bertz CT molecular complexity index is 1050. The summed E-state index contributed by atoms with van der Waals surface area (Å²) in [6.07, 6.45) is 74.5. The highest BCUT2D eigenvalue weighted by atomic mass is 16.6. The third kappa shape index (κ3) is 54.7. The Morgan fingerprint density at radius 2 is 0.636 bits per heavy atom. The molecule has 388 valence electrons. The number of carbonyl (C=O) groups excluding carboxylic acids is 2. The Hall–Kier alpha value is -1.88. The van der Waals surface area contributed by atoms with Crippen LogP contribution < -0.4 is 0 Å². The zero-order valence-electron chi connectivity index (χ0n) is 44.5. The zero-order chi connectivity index (χ0) is 47.7. The predicted octanol–water partition coefficient (Wildman–Crippen LogP) is 19.9. The first-order chi connectivity index (χ1) is 32.6. The van der Waals surface area contributed by atoms with Crippen molar-refractivity contribution in [3.63, 3.8) is 0 Å². The number of esters is 2. The molecule has 0 saturated carbocycles. The van der Waals surface area contributed by atoms with Crippen LogP contribution in [-0.2, 0) is 19.1 Å². The van der Waals surface area contributed by atoms with Gasteiger partial charge in [-0.25, -0.2) is 0 Å². The first-order valence-electron chi connectivity index (χ1n) is 29.5. The van der Waals surface area contributed by atoms with Crippen LogP contribution in [0.4, 0.5) is 0 Å². The normalized spacial score (nSPS) is 12.3. The van der Waals surface area contributed by atoms with E-state index >= 15 is 0 Å². The van der Waals surface area contributed by atoms with Crippen molar-refractivity contribution in [3.8, 4) is 0 Å². The largest absolute Gasteiger partial charge is 0.462 e. The molecule has 0 fully saturated rings. The molecule has 0 aromatic rings. The van der Waals surface area contributed by atoms with Crippen molar-refractivity contribution in [3.05, 3.63) is 36.5 Å². The molecule has 0 radical (unpaired) electrons. The number of hydrogen-bond acceptors (Lipinski definition) is 5. The van der Waals surface area contributed by atoms with Crippen molar-refractivity contribution < 1.29 is 24.2 Å². The molecule has 1 unspecified atom stereocenters. The maximum Gasteiger partial charge on any atom is 0.306 e. The summed E-state index contributed by atoms with van der Waals surface area (Å²) in [6, 6.07) is 0. The molecule has 0 amide bonds. The molecule has 0 bridgehead atoms. The van der Waals surface area contributed by atoms with Gasteiger partial charge in [0.15, 0.2) is 6.10 Å². The number of unbranched alkanes of at least 4 members (excludes halogenated alkanes) is 41. The molecule has 0 aromatic heterocycles.